The number of carbonyl (C=O) groups is 1. The fraction of sp³-hybridized carbons (Fsp3) is 0.0769. The van der Waals surface area contributed by atoms with Crippen molar-refractivity contribution in [3.05, 3.63) is 55.0 Å². The molecular formula is C13H11N5O. The van der Waals surface area contributed by atoms with E-state index in [9.17, 15) is 4.79 Å². The van der Waals surface area contributed by atoms with Crippen molar-refractivity contribution < 1.29 is 4.79 Å². The third kappa shape index (κ3) is 2.03. The van der Waals surface area contributed by atoms with Gasteiger partial charge in [-0.25, -0.2) is 9.97 Å². The van der Waals surface area contributed by atoms with Gasteiger partial charge in [0.15, 0.2) is 5.65 Å². The molecule has 0 radical (unpaired) electrons. The minimum atomic E-state index is -0.191. The molecule has 0 aliphatic carbocycles. The maximum Gasteiger partial charge on any atom is 0.278 e. The second kappa shape index (κ2) is 4.49. The van der Waals surface area contributed by atoms with Crippen LogP contribution in [0.4, 0.5) is 5.69 Å². The number of amides is 1. The Morgan fingerprint density at radius 1 is 1.26 bits per heavy atom. The van der Waals surface area contributed by atoms with Crippen LogP contribution in [0.15, 0.2) is 49.3 Å². The summed E-state index contributed by atoms with van der Waals surface area (Å²) < 4.78 is 1.76. The van der Waals surface area contributed by atoms with E-state index in [0.717, 1.165) is 5.69 Å². The van der Waals surface area contributed by atoms with Crippen LogP contribution in [0, 0.1) is 0 Å². The summed E-state index contributed by atoms with van der Waals surface area (Å²) in [6.45, 7) is 0. The van der Waals surface area contributed by atoms with Crippen molar-refractivity contribution in [2.75, 3.05) is 11.9 Å². The predicted octanol–water partition coefficient (Wildman–Crippen LogP) is 1.40. The summed E-state index contributed by atoms with van der Waals surface area (Å²) in [6.07, 6.45) is 9.97. The number of hydrogen-bond donors (Lipinski definition) is 0. The Morgan fingerprint density at radius 2 is 2.16 bits per heavy atom. The number of pyridine rings is 1. The van der Waals surface area contributed by atoms with Gasteiger partial charge in [0.2, 0.25) is 0 Å². The number of nitrogens with zero attached hydrogens (tertiary/aromatic N) is 5. The van der Waals surface area contributed by atoms with Gasteiger partial charge in [-0.1, -0.05) is 0 Å². The lowest BCUT2D eigenvalue weighted by Crippen LogP contribution is -2.27. The van der Waals surface area contributed by atoms with Crippen LogP contribution >= 0.6 is 0 Å². The number of anilines is 1. The molecule has 0 saturated carbocycles. The summed E-state index contributed by atoms with van der Waals surface area (Å²) in [7, 11) is 1.69. The molecule has 6 heteroatoms. The van der Waals surface area contributed by atoms with Gasteiger partial charge < -0.3 is 9.30 Å². The monoisotopic (exact) mass is 253 g/mol. The average Bonchev–Trinajstić information content (AvgIpc) is 2.94. The third-order valence-corrected chi connectivity index (χ3v) is 2.84. The van der Waals surface area contributed by atoms with Crippen LogP contribution in [0.5, 0.6) is 0 Å². The number of hydrogen-bond acceptors (Lipinski definition) is 4. The van der Waals surface area contributed by atoms with E-state index in [1.165, 1.54) is 4.90 Å². The minimum Gasteiger partial charge on any atom is -0.309 e. The molecule has 0 fully saturated rings. The van der Waals surface area contributed by atoms with Gasteiger partial charge in [-0.15, -0.1) is 0 Å². The first-order valence-corrected chi connectivity index (χ1v) is 5.72. The highest BCUT2D eigenvalue weighted by Gasteiger charge is 2.15. The number of rotatable bonds is 2. The number of fused-ring (bicyclic) bond motifs is 1. The summed E-state index contributed by atoms with van der Waals surface area (Å²) in [5.74, 6) is -0.191. The summed E-state index contributed by atoms with van der Waals surface area (Å²) in [5, 5.41) is 0. The van der Waals surface area contributed by atoms with E-state index >= 15 is 0 Å². The van der Waals surface area contributed by atoms with Crippen LogP contribution in [-0.4, -0.2) is 32.3 Å². The normalized spacial score (nSPS) is 10.6. The molecule has 0 unspecified atom stereocenters. The highest BCUT2D eigenvalue weighted by atomic mass is 16.2. The molecule has 0 N–H and O–H groups in total. The zero-order valence-corrected chi connectivity index (χ0v) is 10.3. The van der Waals surface area contributed by atoms with Crippen molar-refractivity contribution >= 4 is 17.2 Å². The highest BCUT2D eigenvalue weighted by molar-refractivity contribution is 6.04. The van der Waals surface area contributed by atoms with E-state index in [2.05, 4.69) is 15.0 Å². The quantitative estimate of drug-likeness (QED) is 0.692. The molecule has 0 saturated heterocycles. The van der Waals surface area contributed by atoms with Crippen LogP contribution in [-0.2, 0) is 0 Å². The molecule has 94 valence electrons. The van der Waals surface area contributed by atoms with Gasteiger partial charge in [-0.2, -0.15) is 0 Å². The zero-order chi connectivity index (χ0) is 13.2. The Hall–Kier alpha value is -2.76. The van der Waals surface area contributed by atoms with Gasteiger partial charge in [0.1, 0.15) is 5.69 Å². The van der Waals surface area contributed by atoms with Gasteiger partial charge >= 0.3 is 0 Å². The SMILES string of the molecule is CN(C(=O)c1cn2ccnc2cn1)c1cccnc1. The van der Waals surface area contributed by atoms with Gasteiger partial charge in [0.05, 0.1) is 18.1 Å². The lowest BCUT2D eigenvalue weighted by Gasteiger charge is -2.16. The van der Waals surface area contributed by atoms with E-state index in [-0.39, 0.29) is 5.91 Å². The molecular weight excluding hydrogens is 242 g/mol. The molecule has 1 amide bonds. The molecule has 19 heavy (non-hydrogen) atoms. The van der Waals surface area contributed by atoms with Crippen LogP contribution in [0.25, 0.3) is 5.65 Å². The molecule has 0 aromatic carbocycles. The van der Waals surface area contributed by atoms with E-state index in [1.54, 1.807) is 54.7 Å². The van der Waals surface area contributed by atoms with Crippen LogP contribution in [0.3, 0.4) is 0 Å². The second-order valence-corrected chi connectivity index (χ2v) is 4.04. The Kier molecular flexibility index (Phi) is 2.68. The molecule has 0 spiro atoms. The van der Waals surface area contributed by atoms with Gasteiger partial charge in [-0.05, 0) is 12.1 Å². The van der Waals surface area contributed by atoms with Crippen LogP contribution < -0.4 is 4.90 Å². The first-order valence-electron chi connectivity index (χ1n) is 5.72. The van der Waals surface area contributed by atoms with Crippen molar-refractivity contribution in [3.63, 3.8) is 0 Å². The molecule has 6 nitrogen and oxygen atoms in total. The largest absolute Gasteiger partial charge is 0.309 e. The highest BCUT2D eigenvalue weighted by Crippen LogP contribution is 2.12. The molecule has 3 aromatic heterocycles. The summed E-state index contributed by atoms with van der Waals surface area (Å²) >= 11 is 0. The summed E-state index contributed by atoms with van der Waals surface area (Å²) in [6, 6.07) is 3.60. The summed E-state index contributed by atoms with van der Waals surface area (Å²) in [5.41, 5.74) is 1.79. The van der Waals surface area contributed by atoms with Crippen LogP contribution in [0.1, 0.15) is 10.5 Å². The van der Waals surface area contributed by atoms with Crippen molar-refractivity contribution in [1.29, 1.82) is 0 Å². The topological polar surface area (TPSA) is 63.4 Å². The van der Waals surface area contributed by atoms with E-state index in [1.807, 2.05) is 6.07 Å². The van der Waals surface area contributed by atoms with Crippen molar-refractivity contribution in [1.82, 2.24) is 19.4 Å². The number of carbonyl (C=O) groups excluding carboxylic acids is 1. The molecule has 0 aliphatic heterocycles. The summed E-state index contributed by atoms with van der Waals surface area (Å²) in [4.78, 5) is 26.0. The maximum atomic E-state index is 12.3. The van der Waals surface area contributed by atoms with Crippen molar-refractivity contribution in [2.45, 2.75) is 0 Å². The lowest BCUT2D eigenvalue weighted by molar-refractivity contribution is 0.0987. The smallest absolute Gasteiger partial charge is 0.278 e. The van der Waals surface area contributed by atoms with E-state index in [4.69, 9.17) is 0 Å². The molecule has 3 aromatic rings. The van der Waals surface area contributed by atoms with Gasteiger partial charge in [-0.3, -0.25) is 9.78 Å². The maximum absolute atomic E-state index is 12.3. The fourth-order valence-corrected chi connectivity index (χ4v) is 1.78. The molecule has 3 rings (SSSR count). The third-order valence-electron chi connectivity index (χ3n) is 2.84. The number of imidazole rings is 1. The molecule has 0 bridgehead atoms. The Bertz CT molecular complexity index is 722. The lowest BCUT2D eigenvalue weighted by atomic mass is 10.3. The fourth-order valence-electron chi connectivity index (χ4n) is 1.78. The number of aromatic nitrogens is 4. The first-order chi connectivity index (χ1) is 9.25. The van der Waals surface area contributed by atoms with Crippen molar-refractivity contribution in [2.24, 2.45) is 0 Å². The molecule has 0 atom stereocenters. The van der Waals surface area contributed by atoms with E-state index < -0.39 is 0 Å². The standard InChI is InChI=1S/C13H11N5O/c1-17(10-3-2-4-14-7-10)13(19)11-9-18-6-5-15-12(18)8-16-11/h2-9H,1H3. The second-order valence-electron chi connectivity index (χ2n) is 4.04. The van der Waals surface area contributed by atoms with Gasteiger partial charge in [0, 0.05) is 31.8 Å². The average molecular weight is 253 g/mol. The van der Waals surface area contributed by atoms with Crippen LogP contribution in [0.2, 0.25) is 0 Å². The van der Waals surface area contributed by atoms with Gasteiger partial charge in [0.25, 0.3) is 5.91 Å². The Labute approximate surface area is 109 Å². The molecule has 0 aliphatic rings. The minimum absolute atomic E-state index is 0.191. The predicted molar refractivity (Wildman–Crippen MR) is 70.0 cm³/mol. The zero-order valence-electron chi connectivity index (χ0n) is 10.3. The Morgan fingerprint density at radius 3 is 2.95 bits per heavy atom. The molecule has 3 heterocycles. The van der Waals surface area contributed by atoms with Crippen molar-refractivity contribution in [3.8, 4) is 0 Å². The Balaban J connectivity index is 1.95. The first kappa shape index (κ1) is 11.3. The van der Waals surface area contributed by atoms with E-state index in [0.29, 0.717) is 11.3 Å².